The average molecular weight is 419 g/mol. The lowest BCUT2D eigenvalue weighted by Gasteiger charge is -2.37. The Labute approximate surface area is 179 Å². The number of rotatable bonds is 5. The highest BCUT2D eigenvalue weighted by atomic mass is 32.2. The van der Waals surface area contributed by atoms with Crippen molar-refractivity contribution in [1.29, 1.82) is 0 Å². The second kappa shape index (κ2) is 9.69. The molecule has 3 aliphatic rings. The van der Waals surface area contributed by atoms with Crippen molar-refractivity contribution in [1.82, 2.24) is 15.1 Å². The number of likely N-dealkylation sites (tertiary alicyclic amines) is 1. The van der Waals surface area contributed by atoms with Gasteiger partial charge in [0.15, 0.2) is 5.96 Å². The fraction of sp³-hybridized carbons (Fsp3) is 0.682. The summed E-state index contributed by atoms with van der Waals surface area (Å²) in [6.07, 6.45) is 4.66. The van der Waals surface area contributed by atoms with Crippen molar-refractivity contribution in [2.75, 3.05) is 59.3 Å². The first kappa shape index (κ1) is 21.0. The molecule has 7 heteroatoms. The van der Waals surface area contributed by atoms with Crippen molar-refractivity contribution in [2.45, 2.75) is 36.3 Å². The zero-order valence-corrected chi connectivity index (χ0v) is 18.5. The minimum absolute atomic E-state index is 0.247. The molecule has 3 saturated heterocycles. The van der Waals surface area contributed by atoms with E-state index in [9.17, 15) is 0 Å². The number of hydrogen-bond donors (Lipinski definition) is 1. The first-order valence-electron chi connectivity index (χ1n) is 10.7. The van der Waals surface area contributed by atoms with Gasteiger partial charge in [-0.1, -0.05) is 30.3 Å². The van der Waals surface area contributed by atoms with E-state index in [1.165, 1.54) is 5.56 Å². The van der Waals surface area contributed by atoms with E-state index in [2.05, 4.69) is 56.7 Å². The van der Waals surface area contributed by atoms with Crippen LogP contribution >= 0.6 is 11.8 Å². The van der Waals surface area contributed by atoms with Crippen molar-refractivity contribution in [3.05, 3.63) is 35.9 Å². The number of benzene rings is 1. The highest BCUT2D eigenvalue weighted by Gasteiger charge is 2.41. The quantitative estimate of drug-likeness (QED) is 0.584. The van der Waals surface area contributed by atoms with Gasteiger partial charge < -0.3 is 19.7 Å². The summed E-state index contributed by atoms with van der Waals surface area (Å²) < 4.78 is 12.0. The molecule has 3 heterocycles. The van der Waals surface area contributed by atoms with Crippen LogP contribution in [-0.4, -0.2) is 92.0 Å². The third kappa shape index (κ3) is 4.90. The molecule has 0 saturated carbocycles. The molecule has 1 aromatic rings. The van der Waals surface area contributed by atoms with Crippen LogP contribution in [0.1, 0.15) is 18.4 Å². The smallest absolute Gasteiger partial charge is 0.193 e. The molecule has 0 amide bonds. The topological polar surface area (TPSA) is 49.3 Å². The highest BCUT2D eigenvalue weighted by molar-refractivity contribution is 8.00. The molecule has 1 aromatic carbocycles. The lowest BCUT2D eigenvalue weighted by Crippen LogP contribution is -2.50. The predicted molar refractivity (Wildman–Crippen MR) is 120 cm³/mol. The molecule has 4 rings (SSSR count). The van der Waals surface area contributed by atoms with Crippen LogP contribution in [0.15, 0.2) is 35.3 Å². The number of fused-ring (bicyclic) bond motifs is 1. The van der Waals surface area contributed by atoms with Gasteiger partial charge in [-0.15, -0.1) is 0 Å². The number of hydrogen-bond acceptors (Lipinski definition) is 5. The van der Waals surface area contributed by atoms with Crippen molar-refractivity contribution in [3.63, 3.8) is 0 Å². The second-order valence-corrected chi connectivity index (χ2v) is 9.51. The van der Waals surface area contributed by atoms with Crippen LogP contribution in [0, 0.1) is 0 Å². The maximum Gasteiger partial charge on any atom is 0.193 e. The molecule has 6 nitrogen and oxygen atoms in total. The normalized spacial score (nSPS) is 27.7. The van der Waals surface area contributed by atoms with Gasteiger partial charge in [0.05, 0.1) is 18.8 Å². The predicted octanol–water partition coefficient (Wildman–Crippen LogP) is 2.06. The molecule has 3 aliphatic heterocycles. The molecule has 0 aromatic heterocycles. The van der Waals surface area contributed by atoms with Crippen molar-refractivity contribution >= 4 is 17.7 Å². The van der Waals surface area contributed by atoms with E-state index in [1.807, 2.05) is 18.8 Å². The van der Waals surface area contributed by atoms with Gasteiger partial charge in [-0.25, -0.2) is 0 Å². The molecule has 0 spiro atoms. The third-order valence-electron chi connectivity index (χ3n) is 6.56. The summed E-state index contributed by atoms with van der Waals surface area (Å²) in [7, 11) is 1.89. The number of nitrogens with zero attached hydrogens (tertiary/aromatic N) is 3. The zero-order chi connectivity index (χ0) is 20.1. The van der Waals surface area contributed by atoms with E-state index in [1.54, 1.807) is 0 Å². The van der Waals surface area contributed by atoms with E-state index in [4.69, 9.17) is 9.47 Å². The molecule has 2 atom stereocenters. The van der Waals surface area contributed by atoms with Gasteiger partial charge >= 0.3 is 0 Å². The van der Waals surface area contributed by atoms with Crippen molar-refractivity contribution < 1.29 is 9.47 Å². The monoisotopic (exact) mass is 418 g/mol. The van der Waals surface area contributed by atoms with Gasteiger partial charge in [-0.05, 0) is 24.7 Å². The summed E-state index contributed by atoms with van der Waals surface area (Å²) in [6, 6.07) is 11.2. The first-order chi connectivity index (χ1) is 14.2. The van der Waals surface area contributed by atoms with Crippen LogP contribution in [0.4, 0.5) is 0 Å². The molecular weight excluding hydrogens is 384 g/mol. The molecule has 160 valence electrons. The number of nitrogens with one attached hydrogen (secondary N) is 1. The molecule has 2 unspecified atom stereocenters. The molecule has 3 fully saturated rings. The summed E-state index contributed by atoms with van der Waals surface area (Å²) in [4.78, 5) is 9.57. The van der Waals surface area contributed by atoms with E-state index in [0.29, 0.717) is 6.04 Å². The van der Waals surface area contributed by atoms with Gasteiger partial charge in [0.25, 0.3) is 0 Å². The SMILES string of the molecule is CN=C(NCC1(SC)CCOCC1)N1CC2OCCN(Cc3ccccc3)C2C1. The summed E-state index contributed by atoms with van der Waals surface area (Å²) >= 11 is 1.96. The third-order valence-corrected chi connectivity index (χ3v) is 7.98. The maximum atomic E-state index is 6.14. The Kier molecular flexibility index (Phi) is 7.00. The van der Waals surface area contributed by atoms with Gasteiger partial charge in [0.1, 0.15) is 0 Å². The Bertz CT molecular complexity index is 681. The Morgan fingerprint density at radius 1 is 1.21 bits per heavy atom. The number of morpholine rings is 1. The molecule has 29 heavy (non-hydrogen) atoms. The second-order valence-electron chi connectivity index (χ2n) is 8.24. The minimum atomic E-state index is 0.247. The maximum absolute atomic E-state index is 6.14. The Hall–Kier alpha value is -1.28. The lowest BCUT2D eigenvalue weighted by molar-refractivity contribution is -0.0502. The molecule has 0 aliphatic carbocycles. The van der Waals surface area contributed by atoms with Crippen LogP contribution < -0.4 is 5.32 Å². The zero-order valence-electron chi connectivity index (χ0n) is 17.7. The van der Waals surface area contributed by atoms with Gasteiger partial charge in [0, 0.05) is 57.7 Å². The number of guanidine groups is 1. The fourth-order valence-electron chi connectivity index (χ4n) is 4.71. The van der Waals surface area contributed by atoms with Crippen molar-refractivity contribution in [3.8, 4) is 0 Å². The lowest BCUT2D eigenvalue weighted by atomic mass is 9.99. The first-order valence-corrected chi connectivity index (χ1v) is 11.9. The van der Waals surface area contributed by atoms with Crippen molar-refractivity contribution in [2.24, 2.45) is 4.99 Å². The van der Waals surface area contributed by atoms with Crippen LogP contribution in [-0.2, 0) is 16.0 Å². The van der Waals surface area contributed by atoms with E-state index in [-0.39, 0.29) is 10.9 Å². The minimum Gasteiger partial charge on any atom is -0.381 e. The average Bonchev–Trinajstić information content (AvgIpc) is 3.21. The van der Waals surface area contributed by atoms with Crippen LogP contribution in [0.2, 0.25) is 0 Å². The van der Waals surface area contributed by atoms with Crippen LogP contribution in [0.3, 0.4) is 0 Å². The summed E-state index contributed by atoms with van der Waals surface area (Å²) in [6.45, 7) is 7.31. The van der Waals surface area contributed by atoms with Gasteiger partial charge in [-0.3, -0.25) is 9.89 Å². The Balaban J connectivity index is 1.37. The highest BCUT2D eigenvalue weighted by Crippen LogP contribution is 2.33. The molecule has 1 N–H and O–H groups in total. The number of ether oxygens (including phenoxy) is 2. The molecular formula is C22H34N4O2S. The fourth-order valence-corrected chi connectivity index (χ4v) is 5.51. The van der Waals surface area contributed by atoms with Gasteiger partial charge in [-0.2, -0.15) is 11.8 Å². The summed E-state index contributed by atoms with van der Waals surface area (Å²) in [5, 5.41) is 3.67. The number of thioether (sulfide) groups is 1. The number of aliphatic imine (C=N–C) groups is 1. The van der Waals surface area contributed by atoms with E-state index >= 15 is 0 Å². The summed E-state index contributed by atoms with van der Waals surface area (Å²) in [5.41, 5.74) is 1.37. The standard InChI is InChI=1S/C22H34N4O2S/c1-23-21(24-17-22(29-2)8-11-27-12-9-22)26-15-19-20(16-26)28-13-10-25(19)14-18-6-4-3-5-7-18/h3-7,19-20H,8-17H2,1-2H3,(H,23,24). The van der Waals surface area contributed by atoms with Crippen LogP contribution in [0.5, 0.6) is 0 Å². The van der Waals surface area contributed by atoms with E-state index in [0.717, 1.165) is 71.3 Å². The van der Waals surface area contributed by atoms with E-state index < -0.39 is 0 Å². The van der Waals surface area contributed by atoms with Gasteiger partial charge in [0.2, 0.25) is 0 Å². The van der Waals surface area contributed by atoms with Crippen LogP contribution in [0.25, 0.3) is 0 Å². The molecule has 0 bridgehead atoms. The Morgan fingerprint density at radius 2 is 2.00 bits per heavy atom. The summed E-state index contributed by atoms with van der Waals surface area (Å²) in [5.74, 6) is 1.00. The largest absolute Gasteiger partial charge is 0.381 e. The molecule has 0 radical (unpaired) electrons. The Morgan fingerprint density at radius 3 is 2.72 bits per heavy atom.